The van der Waals surface area contributed by atoms with Crippen molar-refractivity contribution in [3.05, 3.63) is 0 Å². The number of nitrogens with zero attached hydrogens (tertiary/aromatic N) is 1. The molecule has 3 heteroatoms. The Kier molecular flexibility index (Phi) is 5.81. The van der Waals surface area contributed by atoms with Crippen molar-refractivity contribution in [3.63, 3.8) is 0 Å². The number of piperidine rings is 1. The van der Waals surface area contributed by atoms with Crippen LogP contribution in [0.15, 0.2) is 0 Å². The molecule has 1 N–H and O–H groups in total. The van der Waals surface area contributed by atoms with Gasteiger partial charge in [0, 0.05) is 19.5 Å². The summed E-state index contributed by atoms with van der Waals surface area (Å²) in [7, 11) is 0. The molecule has 0 unspecified atom stereocenters. The third kappa shape index (κ3) is 4.12. The van der Waals surface area contributed by atoms with Gasteiger partial charge in [-0.25, -0.2) is 0 Å². The molecule has 0 aromatic carbocycles. The molecule has 16 heavy (non-hydrogen) atoms. The predicted octanol–water partition coefficient (Wildman–Crippen LogP) is 1.88. The first kappa shape index (κ1) is 13.5. The lowest BCUT2D eigenvalue weighted by molar-refractivity contribution is -0.121. The van der Waals surface area contributed by atoms with Crippen molar-refractivity contribution in [1.29, 1.82) is 0 Å². The van der Waals surface area contributed by atoms with E-state index in [2.05, 4.69) is 24.1 Å². The molecule has 1 aliphatic heterocycles. The van der Waals surface area contributed by atoms with Gasteiger partial charge in [0.1, 0.15) is 0 Å². The van der Waals surface area contributed by atoms with E-state index in [0.29, 0.717) is 18.3 Å². The van der Waals surface area contributed by atoms with Crippen LogP contribution in [0.4, 0.5) is 0 Å². The van der Waals surface area contributed by atoms with Crippen molar-refractivity contribution < 1.29 is 4.79 Å². The average Bonchev–Trinajstić information content (AvgIpc) is 2.28. The fourth-order valence-corrected chi connectivity index (χ4v) is 2.47. The molecule has 0 aliphatic carbocycles. The molecule has 0 aromatic rings. The minimum Gasteiger partial charge on any atom is -0.356 e. The second kappa shape index (κ2) is 6.89. The van der Waals surface area contributed by atoms with Crippen molar-refractivity contribution in [2.45, 2.75) is 40.0 Å². The van der Waals surface area contributed by atoms with Gasteiger partial charge in [0.25, 0.3) is 0 Å². The lowest BCUT2D eigenvalue weighted by Crippen LogP contribution is -2.43. The molecule has 0 radical (unpaired) electrons. The van der Waals surface area contributed by atoms with Crippen LogP contribution in [-0.4, -0.2) is 37.0 Å². The molecule has 1 amide bonds. The van der Waals surface area contributed by atoms with Gasteiger partial charge in [-0.05, 0) is 37.8 Å². The maximum Gasteiger partial charge on any atom is 0.219 e. The lowest BCUT2D eigenvalue weighted by Gasteiger charge is -2.36. The quantitative estimate of drug-likeness (QED) is 0.776. The Balaban J connectivity index is 2.27. The number of carbonyl (C=O) groups excluding carboxylic acids is 1. The summed E-state index contributed by atoms with van der Waals surface area (Å²) in [6, 6.07) is 0. The van der Waals surface area contributed by atoms with Gasteiger partial charge in [-0.2, -0.15) is 0 Å². The van der Waals surface area contributed by atoms with Crippen LogP contribution in [0.2, 0.25) is 0 Å². The summed E-state index contributed by atoms with van der Waals surface area (Å²) in [5.41, 5.74) is 0. The first-order valence-electron chi connectivity index (χ1n) is 6.66. The molecule has 2 atom stereocenters. The van der Waals surface area contributed by atoms with E-state index in [9.17, 15) is 4.79 Å². The van der Waals surface area contributed by atoms with Crippen LogP contribution in [0.3, 0.4) is 0 Å². The van der Waals surface area contributed by atoms with E-state index < -0.39 is 0 Å². The van der Waals surface area contributed by atoms with E-state index in [1.807, 2.05) is 6.92 Å². The SMILES string of the molecule is CCCN1CC[C@@H](CNC(=O)CC)[C@H](C)C1. The van der Waals surface area contributed by atoms with Crippen LogP contribution in [0.5, 0.6) is 0 Å². The molecule has 1 heterocycles. The maximum absolute atomic E-state index is 11.2. The summed E-state index contributed by atoms with van der Waals surface area (Å²) in [5, 5.41) is 3.02. The van der Waals surface area contributed by atoms with Crippen molar-refractivity contribution in [1.82, 2.24) is 10.2 Å². The maximum atomic E-state index is 11.2. The van der Waals surface area contributed by atoms with E-state index in [1.165, 1.54) is 32.5 Å². The van der Waals surface area contributed by atoms with E-state index >= 15 is 0 Å². The minimum atomic E-state index is 0.184. The zero-order valence-corrected chi connectivity index (χ0v) is 11.0. The molecule has 1 aliphatic rings. The van der Waals surface area contributed by atoms with Crippen LogP contribution in [-0.2, 0) is 4.79 Å². The molecular formula is C13H26N2O. The van der Waals surface area contributed by atoms with E-state index in [-0.39, 0.29) is 5.91 Å². The Hall–Kier alpha value is -0.570. The van der Waals surface area contributed by atoms with Gasteiger partial charge in [-0.1, -0.05) is 20.8 Å². The number of rotatable bonds is 5. The molecule has 1 saturated heterocycles. The molecule has 0 aromatic heterocycles. The van der Waals surface area contributed by atoms with Crippen LogP contribution in [0.25, 0.3) is 0 Å². The smallest absolute Gasteiger partial charge is 0.219 e. The number of carbonyl (C=O) groups is 1. The summed E-state index contributed by atoms with van der Waals surface area (Å²) < 4.78 is 0. The summed E-state index contributed by atoms with van der Waals surface area (Å²) in [6.45, 7) is 10.9. The third-order valence-electron chi connectivity index (χ3n) is 3.59. The Morgan fingerprint density at radius 3 is 2.75 bits per heavy atom. The topological polar surface area (TPSA) is 32.3 Å². The van der Waals surface area contributed by atoms with Crippen LogP contribution in [0, 0.1) is 11.8 Å². The standard InChI is InChI=1S/C13H26N2O/c1-4-7-15-8-6-12(11(3)10-15)9-14-13(16)5-2/h11-12H,4-10H2,1-3H3,(H,14,16)/t11-,12+/m1/s1. The third-order valence-corrected chi connectivity index (χ3v) is 3.59. The van der Waals surface area contributed by atoms with Gasteiger partial charge >= 0.3 is 0 Å². The van der Waals surface area contributed by atoms with Crippen LogP contribution in [0.1, 0.15) is 40.0 Å². The number of likely N-dealkylation sites (tertiary alicyclic amines) is 1. The number of hydrogen-bond donors (Lipinski definition) is 1. The highest BCUT2D eigenvalue weighted by Gasteiger charge is 2.25. The van der Waals surface area contributed by atoms with E-state index in [0.717, 1.165) is 6.54 Å². The zero-order chi connectivity index (χ0) is 12.0. The van der Waals surface area contributed by atoms with Gasteiger partial charge < -0.3 is 10.2 Å². The minimum absolute atomic E-state index is 0.184. The van der Waals surface area contributed by atoms with E-state index in [4.69, 9.17) is 0 Å². The first-order valence-corrected chi connectivity index (χ1v) is 6.66. The van der Waals surface area contributed by atoms with Gasteiger partial charge in [0.05, 0.1) is 0 Å². The molecule has 0 bridgehead atoms. The van der Waals surface area contributed by atoms with Gasteiger partial charge in [-0.3, -0.25) is 4.79 Å². The van der Waals surface area contributed by atoms with Crippen LogP contribution >= 0.6 is 0 Å². The normalized spacial score (nSPS) is 26.7. The molecule has 1 fully saturated rings. The highest BCUT2D eigenvalue weighted by Crippen LogP contribution is 2.22. The largest absolute Gasteiger partial charge is 0.356 e. The van der Waals surface area contributed by atoms with Crippen molar-refractivity contribution in [2.75, 3.05) is 26.2 Å². The highest BCUT2D eigenvalue weighted by atomic mass is 16.1. The van der Waals surface area contributed by atoms with Crippen LogP contribution < -0.4 is 5.32 Å². The Labute approximate surface area is 99.6 Å². The fourth-order valence-electron chi connectivity index (χ4n) is 2.47. The van der Waals surface area contributed by atoms with Crippen molar-refractivity contribution >= 4 is 5.91 Å². The summed E-state index contributed by atoms with van der Waals surface area (Å²) in [4.78, 5) is 13.8. The molecule has 1 rings (SSSR count). The average molecular weight is 226 g/mol. The molecule has 3 nitrogen and oxygen atoms in total. The summed E-state index contributed by atoms with van der Waals surface area (Å²) in [6.07, 6.45) is 3.07. The Morgan fingerprint density at radius 2 is 2.19 bits per heavy atom. The summed E-state index contributed by atoms with van der Waals surface area (Å²) >= 11 is 0. The molecular weight excluding hydrogens is 200 g/mol. The zero-order valence-electron chi connectivity index (χ0n) is 11.0. The van der Waals surface area contributed by atoms with Gasteiger partial charge in [0.2, 0.25) is 5.91 Å². The second-order valence-electron chi connectivity index (χ2n) is 4.98. The second-order valence-corrected chi connectivity index (χ2v) is 4.98. The van der Waals surface area contributed by atoms with E-state index in [1.54, 1.807) is 0 Å². The number of hydrogen-bond acceptors (Lipinski definition) is 2. The lowest BCUT2D eigenvalue weighted by atomic mass is 9.86. The van der Waals surface area contributed by atoms with Gasteiger partial charge in [0.15, 0.2) is 0 Å². The Morgan fingerprint density at radius 1 is 1.44 bits per heavy atom. The summed E-state index contributed by atoms with van der Waals surface area (Å²) in [5.74, 6) is 1.56. The Bertz CT molecular complexity index is 218. The van der Waals surface area contributed by atoms with Gasteiger partial charge in [-0.15, -0.1) is 0 Å². The predicted molar refractivity (Wildman–Crippen MR) is 67.3 cm³/mol. The highest BCUT2D eigenvalue weighted by molar-refractivity contribution is 5.75. The first-order chi connectivity index (χ1) is 7.67. The molecule has 94 valence electrons. The van der Waals surface area contributed by atoms with Crippen molar-refractivity contribution in [3.8, 4) is 0 Å². The van der Waals surface area contributed by atoms with Crippen molar-refractivity contribution in [2.24, 2.45) is 11.8 Å². The number of amides is 1. The number of nitrogens with one attached hydrogen (secondary N) is 1. The monoisotopic (exact) mass is 226 g/mol. The fraction of sp³-hybridized carbons (Fsp3) is 0.923. The molecule has 0 saturated carbocycles. The molecule has 0 spiro atoms.